The van der Waals surface area contributed by atoms with Crippen molar-refractivity contribution in [3.63, 3.8) is 0 Å². The van der Waals surface area contributed by atoms with E-state index in [-0.39, 0.29) is 24.6 Å². The fraction of sp³-hybridized carbons (Fsp3) is 0.484. The molecular formula is C31H42N2O5. The minimum absolute atomic E-state index is 0.0901. The van der Waals surface area contributed by atoms with E-state index in [1.165, 1.54) is 18.9 Å². The summed E-state index contributed by atoms with van der Waals surface area (Å²) in [6, 6.07) is 12.4. The van der Waals surface area contributed by atoms with Crippen molar-refractivity contribution in [1.82, 2.24) is 0 Å². The largest absolute Gasteiger partial charge is 0.462 e. The second-order valence-corrected chi connectivity index (χ2v) is 10.7. The van der Waals surface area contributed by atoms with Crippen molar-refractivity contribution in [1.29, 1.82) is 0 Å². The molecule has 3 rings (SSSR count). The van der Waals surface area contributed by atoms with Gasteiger partial charge in [-0.15, -0.1) is 0 Å². The first kappa shape index (κ1) is 29.2. The number of unbranched alkanes of at least 4 members (excludes halogenated alkanes) is 2. The van der Waals surface area contributed by atoms with Crippen LogP contribution in [0.4, 0.5) is 11.4 Å². The van der Waals surface area contributed by atoms with Crippen molar-refractivity contribution in [3.8, 4) is 5.75 Å². The lowest BCUT2D eigenvalue weighted by molar-refractivity contribution is -0.141. The number of benzene rings is 2. The molecule has 1 saturated carbocycles. The van der Waals surface area contributed by atoms with E-state index in [0.29, 0.717) is 17.1 Å². The summed E-state index contributed by atoms with van der Waals surface area (Å²) < 4.78 is 17.0. The average Bonchev–Trinajstić information content (AvgIpc) is 2.89. The normalized spacial score (nSPS) is 17.9. The van der Waals surface area contributed by atoms with E-state index < -0.39 is 11.4 Å². The zero-order valence-corrected chi connectivity index (χ0v) is 22.9. The van der Waals surface area contributed by atoms with Crippen LogP contribution in [-0.2, 0) is 24.5 Å². The molecule has 0 atom stereocenters. The van der Waals surface area contributed by atoms with Crippen LogP contribution in [-0.4, -0.2) is 31.3 Å². The highest BCUT2D eigenvalue weighted by atomic mass is 16.5. The summed E-state index contributed by atoms with van der Waals surface area (Å²) in [5, 5.41) is 0. The molecule has 0 aromatic heterocycles. The van der Waals surface area contributed by atoms with E-state index in [0.717, 1.165) is 49.8 Å². The van der Waals surface area contributed by atoms with Gasteiger partial charge in [-0.05, 0) is 73.6 Å². The van der Waals surface area contributed by atoms with Gasteiger partial charge >= 0.3 is 11.9 Å². The molecule has 38 heavy (non-hydrogen) atoms. The molecule has 2 aromatic rings. The van der Waals surface area contributed by atoms with E-state index >= 15 is 0 Å². The maximum absolute atomic E-state index is 12.6. The van der Waals surface area contributed by atoms with Crippen LogP contribution in [0.15, 0.2) is 48.5 Å². The summed E-state index contributed by atoms with van der Waals surface area (Å²) >= 11 is 0. The van der Waals surface area contributed by atoms with Crippen molar-refractivity contribution in [3.05, 3.63) is 59.7 Å². The molecule has 0 spiro atoms. The molecule has 0 amide bonds. The van der Waals surface area contributed by atoms with Crippen LogP contribution >= 0.6 is 0 Å². The van der Waals surface area contributed by atoms with E-state index in [1.807, 2.05) is 19.9 Å². The molecule has 0 heterocycles. The Morgan fingerprint density at radius 3 is 2.37 bits per heavy atom. The molecule has 4 N–H and O–H groups in total. The number of ether oxygens (including phenoxy) is 3. The average molecular weight is 523 g/mol. The highest BCUT2D eigenvalue weighted by Gasteiger charge is 2.28. The van der Waals surface area contributed by atoms with Gasteiger partial charge in [0.25, 0.3) is 0 Å². The first-order chi connectivity index (χ1) is 18.2. The third-order valence-electron chi connectivity index (χ3n) is 7.00. The molecule has 0 unspecified atom stereocenters. The highest BCUT2D eigenvalue weighted by molar-refractivity contribution is 5.87. The third-order valence-corrected chi connectivity index (χ3v) is 7.00. The number of nitrogen functional groups attached to an aromatic ring is 2. The van der Waals surface area contributed by atoms with Gasteiger partial charge in [0.05, 0.1) is 12.0 Å². The van der Waals surface area contributed by atoms with Gasteiger partial charge in [-0.3, -0.25) is 4.79 Å². The van der Waals surface area contributed by atoms with Crippen LogP contribution in [0, 0.1) is 5.92 Å². The van der Waals surface area contributed by atoms with Gasteiger partial charge in [0, 0.05) is 29.5 Å². The summed E-state index contributed by atoms with van der Waals surface area (Å²) in [6.45, 7) is 7.08. The summed E-state index contributed by atoms with van der Waals surface area (Å²) in [5.41, 5.74) is 14.2. The fourth-order valence-corrected chi connectivity index (χ4v) is 4.65. The zero-order chi connectivity index (χ0) is 27.5. The van der Waals surface area contributed by atoms with E-state index in [1.54, 1.807) is 42.5 Å². The van der Waals surface area contributed by atoms with Crippen LogP contribution < -0.4 is 16.2 Å². The van der Waals surface area contributed by atoms with Crippen LogP contribution in [0.1, 0.15) is 76.8 Å². The number of carbonyl (C=O) groups excluding carboxylic acids is 2. The van der Waals surface area contributed by atoms with Gasteiger partial charge < -0.3 is 25.7 Å². The number of carbonyl (C=O) groups is 2. The first-order valence-electron chi connectivity index (χ1n) is 13.6. The second-order valence-electron chi connectivity index (χ2n) is 10.7. The Hall–Kier alpha value is -3.32. The molecule has 0 aliphatic heterocycles. The predicted molar refractivity (Wildman–Crippen MR) is 152 cm³/mol. The summed E-state index contributed by atoms with van der Waals surface area (Å²) in [7, 11) is 0. The van der Waals surface area contributed by atoms with Gasteiger partial charge in [-0.1, -0.05) is 51.8 Å². The molecule has 0 radical (unpaired) electrons. The number of esters is 2. The van der Waals surface area contributed by atoms with Crippen LogP contribution in [0.25, 0.3) is 6.08 Å². The predicted octanol–water partition coefficient (Wildman–Crippen LogP) is 6.06. The lowest BCUT2D eigenvalue weighted by Gasteiger charge is -2.27. The summed E-state index contributed by atoms with van der Waals surface area (Å²) in [4.78, 5) is 24.9. The van der Waals surface area contributed by atoms with Crippen LogP contribution in [0.2, 0.25) is 0 Å². The highest BCUT2D eigenvalue weighted by Crippen LogP contribution is 2.30. The topological polar surface area (TPSA) is 114 Å². The smallest absolute Gasteiger partial charge is 0.330 e. The number of anilines is 2. The van der Waals surface area contributed by atoms with E-state index in [4.69, 9.17) is 25.7 Å². The van der Waals surface area contributed by atoms with Gasteiger partial charge in [-0.2, -0.15) is 0 Å². The third kappa shape index (κ3) is 8.91. The van der Waals surface area contributed by atoms with Crippen molar-refractivity contribution < 1.29 is 23.8 Å². The number of rotatable bonds is 12. The molecule has 0 bridgehead atoms. The molecule has 1 fully saturated rings. The second kappa shape index (κ2) is 14.0. The number of hydrogen-bond donors (Lipinski definition) is 2. The maximum atomic E-state index is 12.6. The Morgan fingerprint density at radius 2 is 1.71 bits per heavy atom. The molecular weight excluding hydrogens is 480 g/mol. The van der Waals surface area contributed by atoms with Crippen LogP contribution in [0.3, 0.4) is 0 Å². The monoisotopic (exact) mass is 522 g/mol. The summed E-state index contributed by atoms with van der Waals surface area (Å²) in [5.74, 6) is -0.235. The minimum atomic E-state index is -0.465. The SMILES string of the molecule is CCCCCOC1CCC(C(=O)Oc2ccc(C=CC(=O)OCC(C)(C)c3ccc(N)cc3N)cc2)CC1. The van der Waals surface area contributed by atoms with Gasteiger partial charge in [0.2, 0.25) is 0 Å². The van der Waals surface area contributed by atoms with Crippen molar-refractivity contribution >= 4 is 29.4 Å². The maximum Gasteiger partial charge on any atom is 0.330 e. The fourth-order valence-electron chi connectivity index (χ4n) is 4.65. The van der Waals surface area contributed by atoms with E-state index in [9.17, 15) is 9.59 Å². The zero-order valence-electron chi connectivity index (χ0n) is 22.9. The molecule has 7 heteroatoms. The quantitative estimate of drug-likeness (QED) is 0.115. The Morgan fingerprint density at radius 1 is 1.00 bits per heavy atom. The Labute approximate surface area is 226 Å². The molecule has 1 aliphatic rings. The Balaban J connectivity index is 1.42. The van der Waals surface area contributed by atoms with Gasteiger partial charge in [0.15, 0.2) is 0 Å². The standard InChI is InChI=1S/C31H42N2O5/c1-4-5-6-19-36-25-15-10-23(11-16-25)30(35)38-26-13-7-22(8-14-26)9-18-29(34)37-21-31(2,3)27-17-12-24(32)20-28(27)33/h7-9,12-14,17-18,20,23,25H,4-6,10-11,15-16,19,21,32-33H2,1-3H3. The lowest BCUT2D eigenvalue weighted by Crippen LogP contribution is -2.29. The Bertz CT molecular complexity index is 1090. The van der Waals surface area contributed by atoms with E-state index in [2.05, 4.69) is 6.92 Å². The molecule has 2 aromatic carbocycles. The minimum Gasteiger partial charge on any atom is -0.462 e. The number of hydrogen-bond acceptors (Lipinski definition) is 7. The van der Waals surface area contributed by atoms with Crippen molar-refractivity contribution in [2.75, 3.05) is 24.7 Å². The van der Waals surface area contributed by atoms with Crippen LogP contribution in [0.5, 0.6) is 5.75 Å². The molecule has 206 valence electrons. The number of nitrogens with two attached hydrogens (primary N) is 2. The molecule has 1 aliphatic carbocycles. The van der Waals surface area contributed by atoms with Gasteiger partial charge in [0.1, 0.15) is 12.4 Å². The van der Waals surface area contributed by atoms with Crippen molar-refractivity contribution in [2.45, 2.75) is 77.2 Å². The lowest BCUT2D eigenvalue weighted by atomic mass is 9.84. The first-order valence-corrected chi connectivity index (χ1v) is 13.6. The molecule has 7 nitrogen and oxygen atoms in total. The van der Waals surface area contributed by atoms with Crippen molar-refractivity contribution in [2.24, 2.45) is 5.92 Å². The van der Waals surface area contributed by atoms with Gasteiger partial charge in [-0.25, -0.2) is 4.79 Å². The summed E-state index contributed by atoms with van der Waals surface area (Å²) in [6.07, 6.45) is 10.2. The Kier molecular flexibility index (Phi) is 10.8. The molecule has 0 saturated heterocycles.